The van der Waals surface area contributed by atoms with Crippen molar-refractivity contribution < 1.29 is 9.59 Å². The van der Waals surface area contributed by atoms with Gasteiger partial charge in [-0.1, -0.05) is 60.7 Å². The van der Waals surface area contributed by atoms with Gasteiger partial charge in [0, 0.05) is 6.92 Å². The monoisotopic (exact) mass is 324 g/mol. The van der Waals surface area contributed by atoms with Crippen LogP contribution in [-0.2, 0) is 9.59 Å². The minimum absolute atomic E-state index is 0.0442. The Balaban J connectivity index is 2.02. The van der Waals surface area contributed by atoms with Crippen LogP contribution < -0.4 is 5.32 Å². The highest BCUT2D eigenvalue weighted by molar-refractivity contribution is 5.84. The lowest BCUT2D eigenvalue weighted by atomic mass is 10.1. The van der Waals surface area contributed by atoms with Crippen LogP contribution in [0.15, 0.2) is 60.7 Å². The van der Waals surface area contributed by atoms with E-state index in [9.17, 15) is 9.59 Å². The Bertz CT molecular complexity index is 671. The highest BCUT2D eigenvalue weighted by Crippen LogP contribution is 2.20. The highest BCUT2D eigenvalue weighted by atomic mass is 16.2. The fourth-order valence-electron chi connectivity index (χ4n) is 2.70. The first-order valence-electron chi connectivity index (χ1n) is 8.15. The Kier molecular flexibility index (Phi) is 6.13. The van der Waals surface area contributed by atoms with Crippen LogP contribution in [0, 0.1) is 0 Å². The average molecular weight is 324 g/mol. The van der Waals surface area contributed by atoms with Gasteiger partial charge in [-0.25, -0.2) is 0 Å². The smallest absolute Gasteiger partial charge is 0.240 e. The molecule has 2 rings (SSSR count). The minimum Gasteiger partial charge on any atom is -0.348 e. The molecule has 2 unspecified atom stereocenters. The Hall–Kier alpha value is -2.62. The van der Waals surface area contributed by atoms with E-state index in [1.807, 2.05) is 74.5 Å². The molecule has 0 bridgehead atoms. The quantitative estimate of drug-likeness (QED) is 0.884. The summed E-state index contributed by atoms with van der Waals surface area (Å²) in [4.78, 5) is 26.0. The summed E-state index contributed by atoms with van der Waals surface area (Å²) in [6.45, 7) is 5.41. The third-order valence-electron chi connectivity index (χ3n) is 4.14. The second-order valence-corrected chi connectivity index (χ2v) is 5.93. The summed E-state index contributed by atoms with van der Waals surface area (Å²) in [7, 11) is 0. The second-order valence-electron chi connectivity index (χ2n) is 5.93. The van der Waals surface area contributed by atoms with Gasteiger partial charge in [0.1, 0.15) is 6.54 Å². The molecule has 0 radical (unpaired) electrons. The average Bonchev–Trinajstić information content (AvgIpc) is 2.60. The lowest BCUT2D eigenvalue weighted by molar-refractivity contribution is -0.136. The molecule has 0 aliphatic rings. The van der Waals surface area contributed by atoms with Gasteiger partial charge in [-0.05, 0) is 25.0 Å². The number of rotatable bonds is 6. The van der Waals surface area contributed by atoms with Crippen LogP contribution in [0.1, 0.15) is 44.0 Å². The Labute approximate surface area is 143 Å². The number of carbonyl (C=O) groups is 2. The molecule has 0 saturated carbocycles. The number of benzene rings is 2. The van der Waals surface area contributed by atoms with E-state index in [2.05, 4.69) is 5.32 Å². The van der Waals surface area contributed by atoms with Gasteiger partial charge in [-0.3, -0.25) is 9.59 Å². The van der Waals surface area contributed by atoms with Crippen molar-refractivity contribution in [1.29, 1.82) is 0 Å². The van der Waals surface area contributed by atoms with Crippen molar-refractivity contribution >= 4 is 11.8 Å². The van der Waals surface area contributed by atoms with E-state index in [0.29, 0.717) is 0 Å². The van der Waals surface area contributed by atoms with Crippen molar-refractivity contribution in [3.8, 4) is 0 Å². The van der Waals surface area contributed by atoms with Crippen LogP contribution in [0.5, 0.6) is 0 Å². The summed E-state index contributed by atoms with van der Waals surface area (Å²) in [5.74, 6) is -0.279. The molecule has 0 aromatic heterocycles. The number of nitrogens with zero attached hydrogens (tertiary/aromatic N) is 1. The molecule has 0 aliphatic heterocycles. The fourth-order valence-corrected chi connectivity index (χ4v) is 2.70. The first-order chi connectivity index (χ1) is 11.5. The van der Waals surface area contributed by atoms with Crippen LogP contribution in [0.4, 0.5) is 0 Å². The molecule has 2 amide bonds. The summed E-state index contributed by atoms with van der Waals surface area (Å²) in [5, 5.41) is 2.96. The van der Waals surface area contributed by atoms with Gasteiger partial charge >= 0.3 is 0 Å². The van der Waals surface area contributed by atoms with Crippen LogP contribution in [0.3, 0.4) is 0 Å². The van der Waals surface area contributed by atoms with E-state index >= 15 is 0 Å². The van der Waals surface area contributed by atoms with E-state index in [0.717, 1.165) is 11.1 Å². The topological polar surface area (TPSA) is 49.4 Å². The van der Waals surface area contributed by atoms with Crippen LogP contribution in [-0.4, -0.2) is 23.3 Å². The molecular formula is C20H24N2O2. The number of nitrogens with one attached hydrogen (secondary N) is 1. The number of hydrogen-bond acceptors (Lipinski definition) is 2. The molecule has 0 fully saturated rings. The molecule has 1 N–H and O–H groups in total. The molecular weight excluding hydrogens is 300 g/mol. The first kappa shape index (κ1) is 17.7. The third-order valence-corrected chi connectivity index (χ3v) is 4.14. The van der Waals surface area contributed by atoms with Gasteiger partial charge in [-0.15, -0.1) is 0 Å². The summed E-state index contributed by atoms with van der Waals surface area (Å²) >= 11 is 0. The summed E-state index contributed by atoms with van der Waals surface area (Å²) < 4.78 is 0. The SMILES string of the molecule is CC(=O)N(CC(=O)NC(C)c1ccccc1)C(C)c1ccccc1. The predicted molar refractivity (Wildman–Crippen MR) is 95.2 cm³/mol. The van der Waals surface area contributed by atoms with Crippen molar-refractivity contribution in [2.75, 3.05) is 6.54 Å². The zero-order valence-corrected chi connectivity index (χ0v) is 14.4. The van der Waals surface area contributed by atoms with E-state index in [-0.39, 0.29) is 30.4 Å². The van der Waals surface area contributed by atoms with Crippen molar-refractivity contribution in [3.63, 3.8) is 0 Å². The molecule has 24 heavy (non-hydrogen) atoms. The minimum atomic E-state index is -0.163. The molecule has 0 spiro atoms. The third kappa shape index (κ3) is 4.69. The Morgan fingerprint density at radius 1 is 0.917 bits per heavy atom. The van der Waals surface area contributed by atoms with Gasteiger partial charge in [0.15, 0.2) is 0 Å². The summed E-state index contributed by atoms with van der Waals surface area (Å²) in [6.07, 6.45) is 0. The van der Waals surface area contributed by atoms with Crippen LogP contribution >= 0.6 is 0 Å². The first-order valence-corrected chi connectivity index (χ1v) is 8.15. The zero-order chi connectivity index (χ0) is 17.5. The number of carbonyl (C=O) groups excluding carboxylic acids is 2. The molecule has 4 nitrogen and oxygen atoms in total. The predicted octanol–water partition coefficient (Wildman–Crippen LogP) is 3.47. The van der Waals surface area contributed by atoms with Gasteiger partial charge in [0.25, 0.3) is 0 Å². The fraction of sp³-hybridized carbons (Fsp3) is 0.300. The standard InChI is InChI=1S/C20H24N2O2/c1-15(18-10-6-4-7-11-18)21-20(24)14-22(17(3)23)16(2)19-12-8-5-9-13-19/h4-13,15-16H,14H2,1-3H3,(H,21,24). The van der Waals surface area contributed by atoms with Gasteiger partial charge in [-0.2, -0.15) is 0 Å². The molecule has 0 aliphatic carbocycles. The molecule has 2 aromatic carbocycles. The lowest BCUT2D eigenvalue weighted by Gasteiger charge is -2.28. The Morgan fingerprint density at radius 2 is 1.42 bits per heavy atom. The van der Waals surface area contributed by atoms with Crippen LogP contribution in [0.2, 0.25) is 0 Å². The van der Waals surface area contributed by atoms with E-state index in [1.165, 1.54) is 6.92 Å². The summed E-state index contributed by atoms with van der Waals surface area (Å²) in [6, 6.07) is 19.2. The maximum atomic E-state index is 12.4. The molecule has 2 atom stereocenters. The van der Waals surface area contributed by atoms with Crippen molar-refractivity contribution in [1.82, 2.24) is 10.2 Å². The van der Waals surface area contributed by atoms with Crippen molar-refractivity contribution in [2.24, 2.45) is 0 Å². The maximum absolute atomic E-state index is 12.4. The van der Waals surface area contributed by atoms with Gasteiger partial charge in [0.05, 0.1) is 12.1 Å². The van der Waals surface area contributed by atoms with E-state index in [1.54, 1.807) is 4.90 Å². The lowest BCUT2D eigenvalue weighted by Crippen LogP contribution is -2.41. The van der Waals surface area contributed by atoms with Gasteiger partial charge < -0.3 is 10.2 Å². The van der Waals surface area contributed by atoms with E-state index in [4.69, 9.17) is 0 Å². The molecule has 2 aromatic rings. The normalized spacial score (nSPS) is 13.0. The second kappa shape index (κ2) is 8.29. The largest absolute Gasteiger partial charge is 0.348 e. The molecule has 126 valence electrons. The summed E-state index contributed by atoms with van der Waals surface area (Å²) in [5.41, 5.74) is 2.05. The zero-order valence-electron chi connectivity index (χ0n) is 14.4. The Morgan fingerprint density at radius 3 is 1.92 bits per heavy atom. The molecule has 0 saturated heterocycles. The van der Waals surface area contributed by atoms with Crippen LogP contribution in [0.25, 0.3) is 0 Å². The van der Waals surface area contributed by atoms with E-state index < -0.39 is 0 Å². The van der Waals surface area contributed by atoms with Crippen molar-refractivity contribution in [2.45, 2.75) is 32.9 Å². The van der Waals surface area contributed by atoms with Gasteiger partial charge in [0.2, 0.25) is 11.8 Å². The highest BCUT2D eigenvalue weighted by Gasteiger charge is 2.22. The van der Waals surface area contributed by atoms with Crippen molar-refractivity contribution in [3.05, 3.63) is 71.8 Å². The number of hydrogen-bond donors (Lipinski definition) is 1. The molecule has 0 heterocycles. The maximum Gasteiger partial charge on any atom is 0.240 e. The molecule has 4 heteroatoms. The number of amides is 2.